The van der Waals surface area contributed by atoms with E-state index >= 15 is 0 Å². The summed E-state index contributed by atoms with van der Waals surface area (Å²) in [5.74, 6) is -0.494. The van der Waals surface area contributed by atoms with E-state index in [9.17, 15) is 9.18 Å². The molecule has 0 bridgehead atoms. The first kappa shape index (κ1) is 15.0. The molecular weight excluding hydrogens is 273 g/mol. The number of aryl methyl sites for hydroxylation is 2. The standard InChI is InChI=1S/C15H18FN3O2/c1-3-21-14-5-4-12(8-13(14)16)18-15(20)6-7-19-10-11(2)9-17-19/h4-5,8-10H,3,6-7H2,1-2H3,(H,18,20). The smallest absolute Gasteiger partial charge is 0.226 e. The lowest BCUT2D eigenvalue weighted by Crippen LogP contribution is -2.14. The highest BCUT2D eigenvalue weighted by Gasteiger charge is 2.07. The van der Waals surface area contributed by atoms with Crippen LogP contribution >= 0.6 is 0 Å². The zero-order chi connectivity index (χ0) is 15.2. The van der Waals surface area contributed by atoms with Crippen LogP contribution in [0.5, 0.6) is 5.75 Å². The number of rotatable bonds is 6. The van der Waals surface area contributed by atoms with Crippen LogP contribution in [0.1, 0.15) is 18.9 Å². The van der Waals surface area contributed by atoms with Gasteiger partial charge in [-0.3, -0.25) is 9.48 Å². The van der Waals surface area contributed by atoms with Crippen LogP contribution in [0.15, 0.2) is 30.6 Å². The van der Waals surface area contributed by atoms with Crippen LogP contribution in [-0.2, 0) is 11.3 Å². The summed E-state index contributed by atoms with van der Waals surface area (Å²) in [6, 6.07) is 4.37. The minimum absolute atomic E-state index is 0.183. The van der Waals surface area contributed by atoms with Crippen LogP contribution in [0.3, 0.4) is 0 Å². The van der Waals surface area contributed by atoms with E-state index in [1.54, 1.807) is 23.9 Å². The van der Waals surface area contributed by atoms with Gasteiger partial charge in [0.2, 0.25) is 5.91 Å². The molecule has 0 saturated heterocycles. The molecule has 0 spiro atoms. The maximum Gasteiger partial charge on any atom is 0.226 e. The predicted molar refractivity (Wildman–Crippen MR) is 77.8 cm³/mol. The van der Waals surface area contributed by atoms with Crippen molar-refractivity contribution in [1.29, 1.82) is 0 Å². The van der Waals surface area contributed by atoms with E-state index in [0.29, 0.717) is 18.8 Å². The largest absolute Gasteiger partial charge is 0.491 e. The molecule has 1 N–H and O–H groups in total. The fourth-order valence-corrected chi connectivity index (χ4v) is 1.88. The zero-order valence-corrected chi connectivity index (χ0v) is 12.1. The van der Waals surface area contributed by atoms with Crippen molar-refractivity contribution < 1.29 is 13.9 Å². The van der Waals surface area contributed by atoms with Crippen molar-refractivity contribution >= 4 is 11.6 Å². The molecule has 0 fully saturated rings. The van der Waals surface area contributed by atoms with Crippen molar-refractivity contribution in [3.05, 3.63) is 42.0 Å². The van der Waals surface area contributed by atoms with Crippen LogP contribution < -0.4 is 10.1 Å². The summed E-state index contributed by atoms with van der Waals surface area (Å²) in [6.45, 7) is 4.60. The van der Waals surface area contributed by atoms with Gasteiger partial charge in [0.25, 0.3) is 0 Å². The van der Waals surface area contributed by atoms with E-state index in [4.69, 9.17) is 4.74 Å². The molecule has 2 rings (SSSR count). The molecule has 21 heavy (non-hydrogen) atoms. The summed E-state index contributed by atoms with van der Waals surface area (Å²) < 4.78 is 20.5. The molecule has 0 unspecified atom stereocenters. The van der Waals surface area contributed by atoms with E-state index in [-0.39, 0.29) is 18.1 Å². The van der Waals surface area contributed by atoms with Gasteiger partial charge in [0.1, 0.15) is 0 Å². The predicted octanol–water partition coefficient (Wildman–Crippen LogP) is 2.76. The Labute approximate surface area is 122 Å². The lowest BCUT2D eigenvalue weighted by atomic mass is 10.2. The third kappa shape index (κ3) is 4.30. The molecule has 0 aliphatic carbocycles. The fraction of sp³-hybridized carbons (Fsp3) is 0.333. The maximum atomic E-state index is 13.7. The van der Waals surface area contributed by atoms with Gasteiger partial charge in [-0.25, -0.2) is 4.39 Å². The van der Waals surface area contributed by atoms with Gasteiger partial charge in [0.05, 0.1) is 12.8 Å². The molecule has 1 heterocycles. The molecule has 6 heteroatoms. The SMILES string of the molecule is CCOc1ccc(NC(=O)CCn2cc(C)cn2)cc1F. The van der Waals surface area contributed by atoms with Gasteiger partial charge in [-0.15, -0.1) is 0 Å². The van der Waals surface area contributed by atoms with Crippen molar-refractivity contribution in [2.45, 2.75) is 26.8 Å². The van der Waals surface area contributed by atoms with Gasteiger partial charge in [-0.05, 0) is 31.5 Å². The number of hydrogen-bond donors (Lipinski definition) is 1. The van der Waals surface area contributed by atoms with Crippen LogP contribution in [0.25, 0.3) is 0 Å². The lowest BCUT2D eigenvalue weighted by Gasteiger charge is -2.08. The minimum Gasteiger partial charge on any atom is -0.491 e. The molecule has 0 atom stereocenters. The molecule has 0 aliphatic heterocycles. The molecule has 0 aliphatic rings. The number of nitrogens with one attached hydrogen (secondary N) is 1. The molecule has 1 aromatic carbocycles. The fourth-order valence-electron chi connectivity index (χ4n) is 1.88. The van der Waals surface area contributed by atoms with E-state index in [0.717, 1.165) is 5.56 Å². The zero-order valence-electron chi connectivity index (χ0n) is 12.1. The summed E-state index contributed by atoms with van der Waals surface area (Å²) in [7, 11) is 0. The molecule has 5 nitrogen and oxygen atoms in total. The average molecular weight is 291 g/mol. The number of aromatic nitrogens is 2. The van der Waals surface area contributed by atoms with Gasteiger partial charge in [-0.1, -0.05) is 0 Å². The highest BCUT2D eigenvalue weighted by Crippen LogP contribution is 2.21. The number of amides is 1. The Hall–Kier alpha value is -2.37. The average Bonchev–Trinajstić information content (AvgIpc) is 2.86. The Morgan fingerprint density at radius 2 is 2.29 bits per heavy atom. The second-order valence-corrected chi connectivity index (χ2v) is 4.66. The normalized spacial score (nSPS) is 10.4. The van der Waals surface area contributed by atoms with Gasteiger partial charge in [0, 0.05) is 30.9 Å². The number of hydrogen-bond acceptors (Lipinski definition) is 3. The lowest BCUT2D eigenvalue weighted by molar-refractivity contribution is -0.116. The summed E-state index contributed by atoms with van der Waals surface area (Å²) in [4.78, 5) is 11.8. The van der Waals surface area contributed by atoms with Gasteiger partial charge >= 0.3 is 0 Å². The number of nitrogens with zero attached hydrogens (tertiary/aromatic N) is 2. The first-order valence-corrected chi connectivity index (χ1v) is 6.79. The Morgan fingerprint density at radius 3 is 2.90 bits per heavy atom. The number of anilines is 1. The molecule has 112 valence electrons. The summed E-state index contributed by atoms with van der Waals surface area (Å²) in [5, 5.41) is 6.75. The summed E-state index contributed by atoms with van der Waals surface area (Å²) in [5.41, 5.74) is 1.46. The van der Waals surface area contributed by atoms with Crippen LogP contribution in [0.2, 0.25) is 0 Å². The molecule has 0 saturated carbocycles. The van der Waals surface area contributed by atoms with E-state index in [2.05, 4.69) is 10.4 Å². The number of ether oxygens (including phenoxy) is 1. The first-order chi connectivity index (χ1) is 10.1. The Balaban J connectivity index is 1.88. The number of carbonyl (C=O) groups is 1. The van der Waals surface area contributed by atoms with Crippen molar-refractivity contribution in [3.8, 4) is 5.75 Å². The summed E-state index contributed by atoms with van der Waals surface area (Å²) >= 11 is 0. The second-order valence-electron chi connectivity index (χ2n) is 4.66. The number of carbonyl (C=O) groups excluding carboxylic acids is 1. The Morgan fingerprint density at radius 1 is 1.48 bits per heavy atom. The van der Waals surface area contributed by atoms with Crippen molar-refractivity contribution in [2.24, 2.45) is 0 Å². The van der Waals surface area contributed by atoms with Crippen LogP contribution in [-0.4, -0.2) is 22.3 Å². The number of benzene rings is 1. The third-order valence-corrected chi connectivity index (χ3v) is 2.85. The van der Waals surface area contributed by atoms with Gasteiger partial charge < -0.3 is 10.1 Å². The van der Waals surface area contributed by atoms with Crippen molar-refractivity contribution in [3.63, 3.8) is 0 Å². The van der Waals surface area contributed by atoms with Crippen LogP contribution in [0, 0.1) is 12.7 Å². The maximum absolute atomic E-state index is 13.7. The second kappa shape index (κ2) is 6.88. The molecular formula is C15H18FN3O2. The molecule has 0 radical (unpaired) electrons. The topological polar surface area (TPSA) is 56.1 Å². The molecule has 2 aromatic rings. The van der Waals surface area contributed by atoms with Crippen LogP contribution in [0.4, 0.5) is 10.1 Å². The van der Waals surface area contributed by atoms with Gasteiger partial charge in [0.15, 0.2) is 11.6 Å². The van der Waals surface area contributed by atoms with E-state index < -0.39 is 5.82 Å². The Bertz CT molecular complexity index is 625. The van der Waals surface area contributed by atoms with E-state index in [1.807, 2.05) is 13.1 Å². The highest BCUT2D eigenvalue weighted by atomic mass is 19.1. The molecule has 1 aromatic heterocycles. The quantitative estimate of drug-likeness (QED) is 0.890. The Kier molecular flexibility index (Phi) is 4.92. The van der Waals surface area contributed by atoms with E-state index in [1.165, 1.54) is 12.1 Å². The van der Waals surface area contributed by atoms with Crippen molar-refractivity contribution in [2.75, 3.05) is 11.9 Å². The third-order valence-electron chi connectivity index (χ3n) is 2.85. The van der Waals surface area contributed by atoms with Crippen molar-refractivity contribution in [1.82, 2.24) is 9.78 Å². The molecule has 1 amide bonds. The minimum atomic E-state index is -0.489. The number of halogens is 1. The first-order valence-electron chi connectivity index (χ1n) is 6.79. The monoisotopic (exact) mass is 291 g/mol. The highest BCUT2D eigenvalue weighted by molar-refractivity contribution is 5.90. The van der Waals surface area contributed by atoms with Gasteiger partial charge in [-0.2, -0.15) is 5.10 Å². The summed E-state index contributed by atoms with van der Waals surface area (Å²) in [6.07, 6.45) is 3.87.